The highest BCUT2D eigenvalue weighted by Gasteiger charge is 2.21. The molecule has 1 aliphatic rings. The molecule has 1 N–H and O–H groups in total. The normalized spacial score (nSPS) is 19.4. The van der Waals surface area contributed by atoms with Gasteiger partial charge in [-0.25, -0.2) is 0 Å². The van der Waals surface area contributed by atoms with Crippen LogP contribution in [0.25, 0.3) is 0 Å². The van der Waals surface area contributed by atoms with Crippen molar-refractivity contribution in [3.05, 3.63) is 12.2 Å². The molecule has 0 saturated carbocycles. The van der Waals surface area contributed by atoms with E-state index in [1.165, 1.54) is 0 Å². The maximum atomic E-state index is 11.9. The van der Waals surface area contributed by atoms with E-state index in [2.05, 4.69) is 12.2 Å². The molecule has 1 amide bonds. The van der Waals surface area contributed by atoms with E-state index in [4.69, 9.17) is 5.11 Å². The van der Waals surface area contributed by atoms with Crippen LogP contribution in [0, 0.1) is 5.92 Å². The third kappa shape index (κ3) is 4.04. The highest BCUT2D eigenvalue weighted by molar-refractivity contribution is 5.79. The molecule has 16 heavy (non-hydrogen) atoms. The predicted octanol–water partition coefficient (Wildman–Crippen LogP) is 1.67. The lowest BCUT2D eigenvalue weighted by molar-refractivity contribution is -0.138. The second-order valence-electron chi connectivity index (χ2n) is 4.24. The zero-order valence-electron chi connectivity index (χ0n) is 9.69. The molecule has 4 nitrogen and oxygen atoms in total. The molecule has 1 aliphatic carbocycles. The van der Waals surface area contributed by atoms with Crippen LogP contribution in [0.3, 0.4) is 0 Å². The maximum absolute atomic E-state index is 11.9. The number of rotatable bonds is 5. The standard InChI is InChI=1S/C12H19NO3/c1-13(9-5-8-11(14)15)12(16)10-6-3-2-4-7-10/h2-3,10H,4-9H2,1H3,(H,14,15). The van der Waals surface area contributed by atoms with Crippen molar-refractivity contribution in [2.75, 3.05) is 13.6 Å². The van der Waals surface area contributed by atoms with Gasteiger partial charge in [0.15, 0.2) is 0 Å². The van der Waals surface area contributed by atoms with E-state index in [-0.39, 0.29) is 18.2 Å². The number of carbonyl (C=O) groups is 2. The number of carboxylic acid groups (broad SMARTS) is 1. The number of nitrogens with zero attached hydrogens (tertiary/aromatic N) is 1. The summed E-state index contributed by atoms with van der Waals surface area (Å²) < 4.78 is 0. The number of hydrogen-bond acceptors (Lipinski definition) is 2. The highest BCUT2D eigenvalue weighted by atomic mass is 16.4. The fourth-order valence-corrected chi connectivity index (χ4v) is 1.91. The van der Waals surface area contributed by atoms with Gasteiger partial charge in [0.05, 0.1) is 0 Å². The quantitative estimate of drug-likeness (QED) is 0.724. The van der Waals surface area contributed by atoms with Gasteiger partial charge in [-0.1, -0.05) is 12.2 Å². The average Bonchev–Trinajstić information content (AvgIpc) is 2.28. The number of carboxylic acids is 1. The molecule has 0 aromatic carbocycles. The van der Waals surface area contributed by atoms with Gasteiger partial charge < -0.3 is 10.0 Å². The summed E-state index contributed by atoms with van der Waals surface area (Å²) in [5, 5.41) is 8.50. The average molecular weight is 225 g/mol. The number of amides is 1. The number of carbonyl (C=O) groups excluding carboxylic acids is 1. The fraction of sp³-hybridized carbons (Fsp3) is 0.667. The van der Waals surface area contributed by atoms with E-state index in [0.717, 1.165) is 19.3 Å². The summed E-state index contributed by atoms with van der Waals surface area (Å²) in [7, 11) is 1.75. The summed E-state index contributed by atoms with van der Waals surface area (Å²) in [5.74, 6) is -0.559. The monoisotopic (exact) mass is 225 g/mol. The summed E-state index contributed by atoms with van der Waals surface area (Å²) >= 11 is 0. The minimum absolute atomic E-state index is 0.0971. The van der Waals surface area contributed by atoms with Crippen molar-refractivity contribution in [1.29, 1.82) is 0 Å². The molecule has 0 radical (unpaired) electrons. The smallest absolute Gasteiger partial charge is 0.303 e. The van der Waals surface area contributed by atoms with Crippen LogP contribution < -0.4 is 0 Å². The van der Waals surface area contributed by atoms with Crippen LogP contribution in [-0.2, 0) is 9.59 Å². The molecule has 0 aromatic heterocycles. The van der Waals surface area contributed by atoms with Crippen LogP contribution in [0.4, 0.5) is 0 Å². The van der Waals surface area contributed by atoms with Crippen LogP contribution in [0.1, 0.15) is 32.1 Å². The molecule has 0 saturated heterocycles. The first kappa shape index (κ1) is 12.7. The molecule has 0 aromatic rings. The Morgan fingerprint density at radius 3 is 2.75 bits per heavy atom. The van der Waals surface area contributed by atoms with Crippen molar-refractivity contribution in [1.82, 2.24) is 4.90 Å². The molecule has 0 bridgehead atoms. The van der Waals surface area contributed by atoms with Crippen molar-refractivity contribution < 1.29 is 14.7 Å². The van der Waals surface area contributed by atoms with E-state index >= 15 is 0 Å². The van der Waals surface area contributed by atoms with Gasteiger partial charge in [0.1, 0.15) is 0 Å². The van der Waals surface area contributed by atoms with E-state index < -0.39 is 5.97 Å². The lowest BCUT2D eigenvalue weighted by atomic mass is 9.93. The Labute approximate surface area is 95.9 Å². The third-order valence-electron chi connectivity index (χ3n) is 2.88. The SMILES string of the molecule is CN(CCCC(=O)O)C(=O)C1CC=CCC1. The minimum Gasteiger partial charge on any atom is -0.481 e. The second kappa shape index (κ2) is 6.30. The van der Waals surface area contributed by atoms with Crippen LogP contribution in [0.5, 0.6) is 0 Å². The van der Waals surface area contributed by atoms with Gasteiger partial charge in [-0.2, -0.15) is 0 Å². The molecule has 0 fully saturated rings. The number of aliphatic carboxylic acids is 1. The molecule has 1 atom stereocenters. The van der Waals surface area contributed by atoms with Crippen LogP contribution in [0.2, 0.25) is 0 Å². The summed E-state index contributed by atoms with van der Waals surface area (Å²) in [5.41, 5.74) is 0. The predicted molar refractivity (Wildman–Crippen MR) is 61.0 cm³/mol. The van der Waals surface area contributed by atoms with E-state index in [1.54, 1.807) is 11.9 Å². The van der Waals surface area contributed by atoms with Crippen LogP contribution in [-0.4, -0.2) is 35.5 Å². The molecule has 90 valence electrons. The maximum Gasteiger partial charge on any atom is 0.303 e. The Morgan fingerprint density at radius 2 is 2.19 bits per heavy atom. The zero-order valence-corrected chi connectivity index (χ0v) is 9.69. The lowest BCUT2D eigenvalue weighted by Crippen LogP contribution is -2.34. The van der Waals surface area contributed by atoms with Gasteiger partial charge in [-0.15, -0.1) is 0 Å². The first-order chi connectivity index (χ1) is 7.61. The minimum atomic E-state index is -0.804. The molecule has 4 heteroatoms. The second-order valence-corrected chi connectivity index (χ2v) is 4.24. The van der Waals surface area contributed by atoms with E-state index in [1.807, 2.05) is 0 Å². The Bertz CT molecular complexity index is 286. The Morgan fingerprint density at radius 1 is 1.44 bits per heavy atom. The third-order valence-corrected chi connectivity index (χ3v) is 2.88. The summed E-state index contributed by atoms with van der Waals surface area (Å²) in [6.07, 6.45) is 7.52. The summed E-state index contributed by atoms with van der Waals surface area (Å²) in [6, 6.07) is 0. The molecular formula is C12H19NO3. The Balaban J connectivity index is 2.29. The van der Waals surface area contributed by atoms with E-state index in [0.29, 0.717) is 13.0 Å². The largest absolute Gasteiger partial charge is 0.481 e. The summed E-state index contributed by atoms with van der Waals surface area (Å²) in [4.78, 5) is 23.9. The van der Waals surface area contributed by atoms with E-state index in [9.17, 15) is 9.59 Å². The lowest BCUT2D eigenvalue weighted by Gasteiger charge is -2.24. The first-order valence-electron chi connectivity index (χ1n) is 5.73. The van der Waals surface area contributed by atoms with Gasteiger partial charge in [0.25, 0.3) is 0 Å². The van der Waals surface area contributed by atoms with Crippen molar-refractivity contribution in [2.45, 2.75) is 32.1 Å². The Kier molecular flexibility index (Phi) is 5.02. The molecule has 0 heterocycles. The van der Waals surface area contributed by atoms with Crippen molar-refractivity contribution in [3.8, 4) is 0 Å². The van der Waals surface area contributed by atoms with Gasteiger partial charge in [0.2, 0.25) is 5.91 Å². The van der Waals surface area contributed by atoms with Crippen molar-refractivity contribution in [3.63, 3.8) is 0 Å². The van der Waals surface area contributed by atoms with Gasteiger partial charge in [-0.3, -0.25) is 9.59 Å². The topological polar surface area (TPSA) is 57.6 Å². The van der Waals surface area contributed by atoms with Crippen molar-refractivity contribution in [2.24, 2.45) is 5.92 Å². The summed E-state index contributed by atoms with van der Waals surface area (Å²) in [6.45, 7) is 0.533. The number of allylic oxidation sites excluding steroid dienone is 2. The Hall–Kier alpha value is -1.32. The van der Waals surface area contributed by atoms with Gasteiger partial charge in [0, 0.05) is 25.9 Å². The van der Waals surface area contributed by atoms with Crippen LogP contribution in [0.15, 0.2) is 12.2 Å². The molecule has 1 unspecified atom stereocenters. The first-order valence-corrected chi connectivity index (χ1v) is 5.73. The molecule has 0 aliphatic heterocycles. The zero-order chi connectivity index (χ0) is 12.0. The van der Waals surface area contributed by atoms with Gasteiger partial charge >= 0.3 is 5.97 Å². The van der Waals surface area contributed by atoms with Crippen molar-refractivity contribution >= 4 is 11.9 Å². The molecular weight excluding hydrogens is 206 g/mol. The highest BCUT2D eigenvalue weighted by Crippen LogP contribution is 2.20. The number of hydrogen-bond donors (Lipinski definition) is 1. The molecule has 1 rings (SSSR count). The van der Waals surface area contributed by atoms with Gasteiger partial charge in [-0.05, 0) is 25.7 Å². The molecule has 0 spiro atoms. The van der Waals surface area contributed by atoms with Crippen LogP contribution >= 0.6 is 0 Å². The fourth-order valence-electron chi connectivity index (χ4n) is 1.91.